The number of hydrogen-bond acceptors (Lipinski definition) is 4. The van der Waals surface area contributed by atoms with E-state index in [2.05, 4.69) is 27.9 Å². The minimum atomic E-state index is -0.459. The molecule has 0 fully saturated rings. The smallest absolute Gasteiger partial charge is 0.266 e. The molecule has 0 aromatic heterocycles. The molecule has 0 heterocycles. The summed E-state index contributed by atoms with van der Waals surface area (Å²) in [5.41, 5.74) is 3.42. The van der Waals surface area contributed by atoms with Gasteiger partial charge in [0.05, 0.1) is 3.57 Å². The zero-order valence-corrected chi connectivity index (χ0v) is 16.5. The predicted molar refractivity (Wildman–Crippen MR) is 108 cm³/mol. The summed E-state index contributed by atoms with van der Waals surface area (Å²) >= 11 is 2.08. The van der Waals surface area contributed by atoms with E-state index in [1.165, 1.54) is 6.08 Å². The normalized spacial score (nSPS) is 10.6. The first-order valence-corrected chi connectivity index (χ1v) is 8.82. The first kappa shape index (κ1) is 19.5. The lowest BCUT2D eigenvalue weighted by atomic mass is 10.1. The Bertz CT molecular complexity index is 953. The highest BCUT2D eigenvalue weighted by Gasteiger charge is 2.11. The number of halogens is 1. The van der Waals surface area contributed by atoms with E-state index in [9.17, 15) is 10.1 Å². The topological polar surface area (TPSA) is 85.9 Å². The lowest BCUT2D eigenvalue weighted by Gasteiger charge is -2.09. The molecule has 0 radical (unpaired) electrons. The Hall–Kier alpha value is -2.84. The molecular formula is C20H16IN3O2. The highest BCUT2D eigenvalue weighted by atomic mass is 127. The molecule has 2 rings (SSSR count). The molecule has 0 aliphatic heterocycles. The Morgan fingerprint density at radius 2 is 2.00 bits per heavy atom. The van der Waals surface area contributed by atoms with Gasteiger partial charge in [-0.2, -0.15) is 10.5 Å². The van der Waals surface area contributed by atoms with Crippen molar-refractivity contribution in [3.05, 3.63) is 62.2 Å². The predicted octanol–water partition coefficient (Wildman–Crippen LogP) is 4.36. The lowest BCUT2D eigenvalue weighted by molar-refractivity contribution is -0.112. The van der Waals surface area contributed by atoms with Crippen LogP contribution in [0.15, 0.2) is 42.0 Å². The van der Waals surface area contributed by atoms with Crippen molar-refractivity contribution in [1.82, 2.24) is 0 Å². The summed E-state index contributed by atoms with van der Waals surface area (Å²) in [6, 6.07) is 14.8. The molecule has 0 saturated heterocycles. The number of carbonyl (C=O) groups excluding carboxylic acids is 1. The number of amides is 1. The number of ether oxygens (including phenoxy) is 1. The molecule has 1 amide bonds. The summed E-state index contributed by atoms with van der Waals surface area (Å²) < 4.78 is 6.08. The van der Waals surface area contributed by atoms with Gasteiger partial charge in [0.1, 0.15) is 23.5 Å². The lowest BCUT2D eigenvalue weighted by Crippen LogP contribution is -2.14. The maximum atomic E-state index is 12.4. The van der Waals surface area contributed by atoms with E-state index < -0.39 is 5.91 Å². The summed E-state index contributed by atoms with van der Waals surface area (Å²) in [6.07, 6.45) is 1.52. The van der Waals surface area contributed by atoms with Crippen molar-refractivity contribution in [2.45, 2.75) is 13.8 Å². The summed E-state index contributed by atoms with van der Waals surface area (Å²) in [4.78, 5) is 12.4. The van der Waals surface area contributed by atoms with Crippen LogP contribution in [0.5, 0.6) is 5.75 Å². The zero-order valence-electron chi connectivity index (χ0n) is 14.3. The van der Waals surface area contributed by atoms with Gasteiger partial charge < -0.3 is 10.1 Å². The monoisotopic (exact) mass is 457 g/mol. The Morgan fingerprint density at radius 1 is 1.23 bits per heavy atom. The number of carbonyl (C=O) groups is 1. The van der Waals surface area contributed by atoms with Gasteiger partial charge in [0, 0.05) is 5.69 Å². The van der Waals surface area contributed by atoms with Crippen molar-refractivity contribution in [3.63, 3.8) is 0 Å². The number of anilines is 1. The molecule has 0 saturated carbocycles. The van der Waals surface area contributed by atoms with Gasteiger partial charge >= 0.3 is 0 Å². The first-order valence-electron chi connectivity index (χ1n) is 7.74. The molecule has 0 aliphatic carbocycles. The van der Waals surface area contributed by atoms with Crippen molar-refractivity contribution >= 4 is 40.3 Å². The van der Waals surface area contributed by atoms with Gasteiger partial charge in [-0.3, -0.25) is 4.79 Å². The molecule has 0 bridgehead atoms. The molecule has 5 nitrogen and oxygen atoms in total. The average Bonchev–Trinajstić information content (AvgIpc) is 2.61. The van der Waals surface area contributed by atoms with Crippen LogP contribution in [0.2, 0.25) is 0 Å². The van der Waals surface area contributed by atoms with Gasteiger partial charge in [-0.25, -0.2) is 0 Å². The Morgan fingerprint density at radius 3 is 2.62 bits per heavy atom. The Kier molecular flexibility index (Phi) is 6.76. The molecule has 130 valence electrons. The van der Waals surface area contributed by atoms with Crippen molar-refractivity contribution in [1.29, 1.82) is 10.5 Å². The van der Waals surface area contributed by atoms with Crippen LogP contribution in [0.25, 0.3) is 6.08 Å². The molecule has 26 heavy (non-hydrogen) atoms. The molecule has 0 atom stereocenters. The molecule has 6 heteroatoms. The average molecular weight is 457 g/mol. The second-order valence-electron chi connectivity index (χ2n) is 5.58. The van der Waals surface area contributed by atoms with Crippen LogP contribution in [0.4, 0.5) is 5.69 Å². The Labute approximate surface area is 166 Å². The summed E-state index contributed by atoms with van der Waals surface area (Å²) in [5, 5.41) is 20.7. The van der Waals surface area contributed by atoms with Gasteiger partial charge in [-0.05, 0) is 71.8 Å². The van der Waals surface area contributed by atoms with Gasteiger partial charge in [-0.1, -0.05) is 23.8 Å². The fourth-order valence-electron chi connectivity index (χ4n) is 2.29. The number of aryl methyl sites for hydroxylation is 2. The van der Waals surface area contributed by atoms with E-state index in [0.29, 0.717) is 17.0 Å². The largest absolute Gasteiger partial charge is 0.478 e. The number of nitrogens with zero attached hydrogens (tertiary/aromatic N) is 2. The van der Waals surface area contributed by atoms with E-state index in [4.69, 9.17) is 10.00 Å². The van der Waals surface area contributed by atoms with Crippen molar-refractivity contribution < 1.29 is 9.53 Å². The number of hydrogen-bond donors (Lipinski definition) is 1. The van der Waals surface area contributed by atoms with Crippen molar-refractivity contribution in [2.24, 2.45) is 0 Å². The van der Waals surface area contributed by atoms with Gasteiger partial charge in [0.15, 0.2) is 6.61 Å². The third-order valence-electron chi connectivity index (χ3n) is 3.55. The standard InChI is InChI=1S/C20H16IN3O2/c1-13-3-5-18(14(2)9-13)24-20(25)16(12-23)10-15-4-6-19(17(21)11-15)26-8-7-22/h3-6,9-11H,8H2,1-2H3,(H,24,25)/b16-10+. The summed E-state index contributed by atoms with van der Waals surface area (Å²) in [7, 11) is 0. The van der Waals surface area contributed by atoms with Crippen LogP contribution in [-0.4, -0.2) is 12.5 Å². The highest BCUT2D eigenvalue weighted by molar-refractivity contribution is 14.1. The molecular weight excluding hydrogens is 441 g/mol. The number of nitriles is 2. The summed E-state index contributed by atoms with van der Waals surface area (Å²) in [5.74, 6) is 0.127. The third-order valence-corrected chi connectivity index (χ3v) is 4.40. The van der Waals surface area contributed by atoms with Crippen molar-refractivity contribution in [2.75, 3.05) is 11.9 Å². The van der Waals surface area contributed by atoms with Crippen LogP contribution in [0.1, 0.15) is 16.7 Å². The van der Waals surface area contributed by atoms with Crippen LogP contribution < -0.4 is 10.1 Å². The quantitative estimate of drug-likeness (QED) is 0.411. The number of nitrogens with one attached hydrogen (secondary N) is 1. The SMILES string of the molecule is Cc1ccc(NC(=O)/C(C#N)=C/c2ccc(OCC#N)c(I)c2)c(C)c1. The molecule has 0 spiro atoms. The van der Waals surface area contributed by atoms with Crippen LogP contribution in [-0.2, 0) is 4.79 Å². The van der Waals surface area contributed by atoms with Gasteiger partial charge in [-0.15, -0.1) is 0 Å². The third kappa shape index (κ3) is 5.08. The Balaban J connectivity index is 2.21. The van der Waals surface area contributed by atoms with Crippen molar-refractivity contribution in [3.8, 4) is 17.9 Å². The maximum absolute atomic E-state index is 12.4. The van der Waals surface area contributed by atoms with E-state index in [0.717, 1.165) is 14.7 Å². The number of rotatable bonds is 5. The van der Waals surface area contributed by atoms with Crippen LogP contribution in [0, 0.1) is 40.1 Å². The molecule has 1 N–H and O–H groups in total. The van der Waals surface area contributed by atoms with Crippen LogP contribution in [0.3, 0.4) is 0 Å². The summed E-state index contributed by atoms with van der Waals surface area (Å²) in [6.45, 7) is 3.85. The van der Waals surface area contributed by atoms with Gasteiger partial charge in [0.25, 0.3) is 5.91 Å². The molecule has 0 aliphatic rings. The maximum Gasteiger partial charge on any atom is 0.266 e. The van der Waals surface area contributed by atoms with E-state index in [1.807, 2.05) is 44.2 Å². The molecule has 0 unspecified atom stereocenters. The van der Waals surface area contributed by atoms with E-state index in [1.54, 1.807) is 18.2 Å². The fourth-order valence-corrected chi connectivity index (χ4v) is 2.99. The van der Waals surface area contributed by atoms with E-state index in [-0.39, 0.29) is 12.2 Å². The van der Waals surface area contributed by atoms with E-state index >= 15 is 0 Å². The molecule has 2 aromatic rings. The molecule has 2 aromatic carbocycles. The van der Waals surface area contributed by atoms with Crippen LogP contribution >= 0.6 is 22.6 Å². The zero-order chi connectivity index (χ0) is 19.1. The van der Waals surface area contributed by atoms with Gasteiger partial charge in [0.2, 0.25) is 0 Å². The minimum absolute atomic E-state index is 0.00599. The first-order chi connectivity index (χ1) is 12.4. The highest BCUT2D eigenvalue weighted by Crippen LogP contribution is 2.24. The fraction of sp³-hybridized carbons (Fsp3) is 0.150. The second-order valence-corrected chi connectivity index (χ2v) is 6.74. The minimum Gasteiger partial charge on any atom is -0.478 e. The number of benzene rings is 2. The second kappa shape index (κ2) is 9.02.